The van der Waals surface area contributed by atoms with E-state index in [2.05, 4.69) is 21.2 Å². The summed E-state index contributed by atoms with van der Waals surface area (Å²) in [6.45, 7) is 0.573. The molecule has 1 aromatic heterocycles. The number of carboxylic acid groups (broad SMARTS) is 1. The third-order valence-corrected chi connectivity index (χ3v) is 3.97. The minimum absolute atomic E-state index is 0.215. The number of carboxylic acids is 1. The van der Waals surface area contributed by atoms with Gasteiger partial charge in [-0.05, 0) is 59.7 Å². The fraction of sp³-hybridized carbons (Fsp3) is 0.538. The van der Waals surface area contributed by atoms with Gasteiger partial charge in [-0.25, -0.2) is 0 Å². The van der Waals surface area contributed by atoms with E-state index in [0.717, 1.165) is 12.8 Å². The van der Waals surface area contributed by atoms with E-state index in [1.165, 1.54) is 0 Å². The van der Waals surface area contributed by atoms with Gasteiger partial charge in [0.15, 0.2) is 10.4 Å². The van der Waals surface area contributed by atoms with Gasteiger partial charge in [-0.2, -0.15) is 0 Å². The largest absolute Gasteiger partial charge is 0.481 e. The third kappa shape index (κ3) is 3.83. The van der Waals surface area contributed by atoms with E-state index in [-0.39, 0.29) is 17.6 Å². The van der Waals surface area contributed by atoms with E-state index >= 15 is 0 Å². The summed E-state index contributed by atoms with van der Waals surface area (Å²) >= 11 is 3.15. The average molecular weight is 330 g/mol. The van der Waals surface area contributed by atoms with Crippen LogP contribution in [0.5, 0.6) is 0 Å². The van der Waals surface area contributed by atoms with Crippen LogP contribution >= 0.6 is 15.9 Å². The first kappa shape index (κ1) is 14.1. The molecule has 1 aliphatic rings. The van der Waals surface area contributed by atoms with E-state index < -0.39 is 5.97 Å². The lowest BCUT2D eigenvalue weighted by Gasteiger charge is -2.25. The summed E-state index contributed by atoms with van der Waals surface area (Å²) in [5.41, 5.74) is 0. The number of amides is 1. The average Bonchev–Trinajstić information content (AvgIpc) is 2.83. The molecule has 6 heteroatoms. The molecular weight excluding hydrogens is 314 g/mol. The topological polar surface area (TPSA) is 79.5 Å². The lowest BCUT2D eigenvalue weighted by molar-refractivity contribution is -0.143. The van der Waals surface area contributed by atoms with Crippen molar-refractivity contribution in [3.8, 4) is 0 Å². The van der Waals surface area contributed by atoms with Crippen LogP contribution in [0.25, 0.3) is 0 Å². The Morgan fingerprint density at radius 2 is 2.00 bits per heavy atom. The highest BCUT2D eigenvalue weighted by atomic mass is 79.9. The van der Waals surface area contributed by atoms with E-state index in [0.29, 0.717) is 30.0 Å². The van der Waals surface area contributed by atoms with Crippen molar-refractivity contribution >= 4 is 27.8 Å². The molecule has 19 heavy (non-hydrogen) atoms. The normalized spacial score (nSPS) is 23.0. The van der Waals surface area contributed by atoms with Gasteiger partial charge >= 0.3 is 5.97 Å². The molecular formula is C13H16BrNO4. The fourth-order valence-electron chi connectivity index (χ4n) is 2.37. The first-order valence-electron chi connectivity index (χ1n) is 6.32. The smallest absolute Gasteiger partial charge is 0.306 e. The highest BCUT2D eigenvalue weighted by Crippen LogP contribution is 2.28. The Kier molecular flexibility index (Phi) is 4.63. The van der Waals surface area contributed by atoms with Crippen molar-refractivity contribution < 1.29 is 19.1 Å². The first-order valence-corrected chi connectivity index (χ1v) is 7.12. The summed E-state index contributed by atoms with van der Waals surface area (Å²) in [5.74, 6) is -0.508. The van der Waals surface area contributed by atoms with Crippen molar-refractivity contribution in [3.05, 3.63) is 22.6 Å². The van der Waals surface area contributed by atoms with Crippen LogP contribution in [0.15, 0.2) is 21.2 Å². The lowest BCUT2D eigenvalue weighted by atomic mass is 9.82. The minimum Gasteiger partial charge on any atom is -0.481 e. The van der Waals surface area contributed by atoms with Gasteiger partial charge < -0.3 is 14.8 Å². The number of rotatable bonds is 4. The molecule has 2 N–H and O–H groups in total. The van der Waals surface area contributed by atoms with Crippen molar-refractivity contribution in [2.75, 3.05) is 6.54 Å². The number of aliphatic carboxylic acids is 1. The molecule has 1 heterocycles. The van der Waals surface area contributed by atoms with E-state index in [1.807, 2.05) is 0 Å². The van der Waals surface area contributed by atoms with Crippen LogP contribution < -0.4 is 5.32 Å². The molecule has 0 atom stereocenters. The SMILES string of the molecule is O=C(NCC1CCC(C(=O)O)CC1)c1ccc(Br)o1. The Bertz CT molecular complexity index is 463. The minimum atomic E-state index is -0.706. The van der Waals surface area contributed by atoms with Gasteiger partial charge in [0.05, 0.1) is 5.92 Å². The Labute approximate surface area is 119 Å². The maximum absolute atomic E-state index is 11.8. The number of carbonyl (C=O) groups excluding carboxylic acids is 1. The van der Waals surface area contributed by atoms with Crippen LogP contribution in [0.4, 0.5) is 0 Å². The zero-order valence-electron chi connectivity index (χ0n) is 10.4. The number of hydrogen-bond acceptors (Lipinski definition) is 3. The van der Waals surface area contributed by atoms with Crippen LogP contribution in [0.2, 0.25) is 0 Å². The summed E-state index contributed by atoms with van der Waals surface area (Å²) in [4.78, 5) is 22.6. The van der Waals surface area contributed by atoms with E-state index in [9.17, 15) is 9.59 Å². The predicted molar refractivity (Wildman–Crippen MR) is 71.8 cm³/mol. The van der Waals surface area contributed by atoms with Crippen molar-refractivity contribution in [1.82, 2.24) is 5.32 Å². The summed E-state index contributed by atoms with van der Waals surface area (Å²) in [5, 5.41) is 11.7. The zero-order chi connectivity index (χ0) is 13.8. The molecule has 0 saturated heterocycles. The van der Waals surface area contributed by atoms with Crippen LogP contribution in [0, 0.1) is 11.8 Å². The number of carbonyl (C=O) groups is 2. The maximum Gasteiger partial charge on any atom is 0.306 e. The molecule has 1 amide bonds. The molecule has 5 nitrogen and oxygen atoms in total. The van der Waals surface area contributed by atoms with E-state index in [1.54, 1.807) is 12.1 Å². The molecule has 1 aliphatic carbocycles. The van der Waals surface area contributed by atoms with Gasteiger partial charge in [0.1, 0.15) is 0 Å². The molecule has 2 rings (SSSR count). The van der Waals surface area contributed by atoms with Crippen molar-refractivity contribution in [3.63, 3.8) is 0 Å². The lowest BCUT2D eigenvalue weighted by Crippen LogP contribution is -2.32. The fourth-order valence-corrected chi connectivity index (χ4v) is 2.68. The van der Waals surface area contributed by atoms with Gasteiger partial charge in [-0.15, -0.1) is 0 Å². The van der Waals surface area contributed by atoms with Crippen LogP contribution in [-0.4, -0.2) is 23.5 Å². The first-order chi connectivity index (χ1) is 9.06. The molecule has 0 unspecified atom stereocenters. The van der Waals surface area contributed by atoms with Gasteiger partial charge in [0.25, 0.3) is 5.91 Å². The maximum atomic E-state index is 11.8. The third-order valence-electron chi connectivity index (χ3n) is 3.54. The number of hydrogen-bond donors (Lipinski definition) is 2. The predicted octanol–water partition coefficient (Wildman–Crippen LogP) is 2.66. The second kappa shape index (κ2) is 6.23. The van der Waals surface area contributed by atoms with Crippen molar-refractivity contribution in [1.29, 1.82) is 0 Å². The van der Waals surface area contributed by atoms with Gasteiger partial charge in [0, 0.05) is 6.54 Å². The second-order valence-electron chi connectivity index (χ2n) is 4.87. The summed E-state index contributed by atoms with van der Waals surface area (Å²) < 4.78 is 5.69. The second-order valence-corrected chi connectivity index (χ2v) is 5.65. The summed E-state index contributed by atoms with van der Waals surface area (Å²) in [6, 6.07) is 3.29. The highest BCUT2D eigenvalue weighted by molar-refractivity contribution is 9.10. The van der Waals surface area contributed by atoms with Crippen LogP contribution in [0.1, 0.15) is 36.2 Å². The molecule has 1 aromatic rings. The van der Waals surface area contributed by atoms with Gasteiger partial charge in [0.2, 0.25) is 0 Å². The highest BCUT2D eigenvalue weighted by Gasteiger charge is 2.26. The Hall–Kier alpha value is -1.30. The van der Waals surface area contributed by atoms with Gasteiger partial charge in [-0.3, -0.25) is 9.59 Å². The van der Waals surface area contributed by atoms with Crippen molar-refractivity contribution in [2.24, 2.45) is 11.8 Å². The molecule has 0 aromatic carbocycles. The Morgan fingerprint density at radius 1 is 1.32 bits per heavy atom. The molecule has 1 saturated carbocycles. The molecule has 0 spiro atoms. The Morgan fingerprint density at radius 3 is 2.53 bits per heavy atom. The van der Waals surface area contributed by atoms with Gasteiger partial charge in [-0.1, -0.05) is 0 Å². The molecule has 0 radical (unpaired) electrons. The van der Waals surface area contributed by atoms with E-state index in [4.69, 9.17) is 9.52 Å². The van der Waals surface area contributed by atoms with Crippen LogP contribution in [0.3, 0.4) is 0 Å². The monoisotopic (exact) mass is 329 g/mol. The summed E-state index contributed by atoms with van der Waals surface area (Å²) in [7, 11) is 0. The number of nitrogens with one attached hydrogen (secondary N) is 1. The Balaban J connectivity index is 1.75. The quantitative estimate of drug-likeness (QED) is 0.889. The number of halogens is 1. The van der Waals surface area contributed by atoms with Crippen LogP contribution in [-0.2, 0) is 4.79 Å². The molecule has 104 valence electrons. The summed E-state index contributed by atoms with van der Waals surface area (Å²) in [6.07, 6.45) is 3.09. The zero-order valence-corrected chi connectivity index (χ0v) is 12.0. The number of furan rings is 1. The molecule has 0 bridgehead atoms. The molecule has 1 fully saturated rings. The molecule has 0 aliphatic heterocycles. The standard InChI is InChI=1S/C13H16BrNO4/c14-11-6-5-10(19-11)12(16)15-7-8-1-3-9(4-2-8)13(17)18/h5-6,8-9H,1-4,7H2,(H,15,16)(H,17,18). The van der Waals surface area contributed by atoms with Crippen molar-refractivity contribution in [2.45, 2.75) is 25.7 Å².